The number of hydrogen-bond acceptors (Lipinski definition) is 7. The third kappa shape index (κ3) is 5.09. The van der Waals surface area contributed by atoms with Crippen LogP contribution in [0.3, 0.4) is 0 Å². The highest BCUT2D eigenvalue weighted by molar-refractivity contribution is 6.14. The first-order valence-electron chi connectivity index (χ1n) is 11.5. The number of aliphatic hydroxyl groups is 1. The van der Waals surface area contributed by atoms with Crippen LogP contribution in [0, 0.1) is 5.82 Å². The molecule has 10 heteroatoms. The first-order chi connectivity index (χ1) is 17.1. The molecule has 1 aliphatic heterocycles. The second-order valence-electron chi connectivity index (χ2n) is 9.24. The number of allylic oxidation sites excluding steroid dienone is 1. The van der Waals surface area contributed by atoms with Crippen LogP contribution in [0.4, 0.5) is 4.39 Å². The number of likely N-dealkylation sites (tertiary alicyclic amines) is 1. The Labute approximate surface area is 207 Å². The summed E-state index contributed by atoms with van der Waals surface area (Å²) in [6.45, 7) is 4.46. The molecule has 1 saturated heterocycles. The summed E-state index contributed by atoms with van der Waals surface area (Å²) in [5, 5.41) is 17.3. The standard InChI is InChI=1S/C26H29FN4O5/c1-26(2,34)23-8-9-31(23)25(33)16-6-4-15(5-7-16)19(28)13-21(32)24-17-12-18(27)22(36-11-10-35-3)14-20(17)29-30-24/h4-7,12-14,23,34H,8-11,28H2,1-3H3,(H,29,30)/t23-/m0/s1. The fourth-order valence-corrected chi connectivity index (χ4v) is 4.18. The van der Waals surface area contributed by atoms with Gasteiger partial charge in [0.15, 0.2) is 11.6 Å². The van der Waals surface area contributed by atoms with Crippen LogP contribution in [0.2, 0.25) is 0 Å². The number of fused-ring (bicyclic) bond motifs is 1. The van der Waals surface area contributed by atoms with Gasteiger partial charge in [-0.05, 0) is 44.0 Å². The van der Waals surface area contributed by atoms with Gasteiger partial charge in [-0.1, -0.05) is 12.1 Å². The van der Waals surface area contributed by atoms with E-state index in [1.807, 2.05) is 0 Å². The largest absolute Gasteiger partial charge is 0.488 e. The van der Waals surface area contributed by atoms with Crippen molar-refractivity contribution in [2.24, 2.45) is 5.73 Å². The van der Waals surface area contributed by atoms with E-state index in [0.717, 1.165) is 6.42 Å². The molecule has 0 spiro atoms. The lowest BCUT2D eigenvalue weighted by Crippen LogP contribution is -2.60. The van der Waals surface area contributed by atoms with Gasteiger partial charge in [0.25, 0.3) is 5.91 Å². The Morgan fingerprint density at radius 2 is 1.94 bits per heavy atom. The molecule has 1 aliphatic rings. The lowest BCUT2D eigenvalue weighted by molar-refractivity contribution is -0.0550. The Balaban J connectivity index is 1.49. The summed E-state index contributed by atoms with van der Waals surface area (Å²) in [7, 11) is 1.52. The molecule has 1 atom stereocenters. The predicted octanol–water partition coefficient (Wildman–Crippen LogP) is 2.90. The van der Waals surface area contributed by atoms with Crippen LogP contribution in [-0.4, -0.2) is 70.4 Å². The van der Waals surface area contributed by atoms with Gasteiger partial charge in [-0.2, -0.15) is 5.10 Å². The van der Waals surface area contributed by atoms with E-state index in [9.17, 15) is 19.1 Å². The number of amides is 1. The second kappa shape index (κ2) is 10.1. The average molecular weight is 497 g/mol. The fourth-order valence-electron chi connectivity index (χ4n) is 4.18. The van der Waals surface area contributed by atoms with E-state index in [1.54, 1.807) is 43.0 Å². The van der Waals surface area contributed by atoms with Gasteiger partial charge in [-0.3, -0.25) is 14.7 Å². The molecular formula is C26H29FN4O5. The van der Waals surface area contributed by atoms with Crippen LogP contribution in [0.5, 0.6) is 5.75 Å². The molecule has 0 radical (unpaired) electrons. The van der Waals surface area contributed by atoms with Crippen molar-refractivity contribution >= 4 is 28.3 Å². The molecule has 1 aromatic heterocycles. The van der Waals surface area contributed by atoms with Crippen LogP contribution in [0.25, 0.3) is 16.6 Å². The maximum absolute atomic E-state index is 14.5. The number of carbonyl (C=O) groups excluding carboxylic acids is 2. The molecule has 3 aromatic rings. The number of rotatable bonds is 9. The number of ether oxygens (including phenoxy) is 2. The van der Waals surface area contributed by atoms with Gasteiger partial charge in [0.2, 0.25) is 5.78 Å². The summed E-state index contributed by atoms with van der Waals surface area (Å²) in [6.07, 6.45) is 1.96. The average Bonchev–Trinajstić information content (AvgIpc) is 3.20. The van der Waals surface area contributed by atoms with E-state index < -0.39 is 17.2 Å². The summed E-state index contributed by atoms with van der Waals surface area (Å²) >= 11 is 0. The fraction of sp³-hybridized carbons (Fsp3) is 0.346. The number of nitrogens with one attached hydrogen (secondary N) is 1. The Morgan fingerprint density at radius 3 is 2.56 bits per heavy atom. The molecule has 0 bridgehead atoms. The number of aromatic amines is 1. The number of carbonyl (C=O) groups is 2. The zero-order valence-electron chi connectivity index (χ0n) is 20.4. The number of aromatic nitrogens is 2. The highest BCUT2D eigenvalue weighted by Crippen LogP contribution is 2.30. The van der Waals surface area contributed by atoms with Crippen molar-refractivity contribution in [3.8, 4) is 5.75 Å². The lowest BCUT2D eigenvalue weighted by atomic mass is 9.87. The van der Waals surface area contributed by atoms with Crippen LogP contribution in [0.15, 0.2) is 42.5 Å². The number of halogens is 1. The molecule has 0 saturated carbocycles. The van der Waals surface area contributed by atoms with Crippen LogP contribution >= 0.6 is 0 Å². The Morgan fingerprint density at radius 1 is 1.25 bits per heavy atom. The van der Waals surface area contributed by atoms with E-state index in [2.05, 4.69) is 10.2 Å². The summed E-state index contributed by atoms with van der Waals surface area (Å²) in [5.41, 5.74) is 6.81. The maximum atomic E-state index is 14.5. The van der Waals surface area contributed by atoms with E-state index in [0.29, 0.717) is 35.2 Å². The molecule has 2 heterocycles. The zero-order valence-corrected chi connectivity index (χ0v) is 20.4. The molecule has 9 nitrogen and oxygen atoms in total. The second-order valence-corrected chi connectivity index (χ2v) is 9.24. The molecule has 0 unspecified atom stereocenters. The van der Waals surface area contributed by atoms with Crippen molar-refractivity contribution in [3.63, 3.8) is 0 Å². The summed E-state index contributed by atoms with van der Waals surface area (Å²) in [5.74, 6) is -1.27. The monoisotopic (exact) mass is 496 g/mol. The van der Waals surface area contributed by atoms with Crippen molar-refractivity contribution in [1.29, 1.82) is 0 Å². The molecule has 190 valence electrons. The number of hydrogen-bond donors (Lipinski definition) is 3. The first kappa shape index (κ1) is 25.3. The molecule has 4 N–H and O–H groups in total. The molecular weight excluding hydrogens is 467 g/mol. The minimum atomic E-state index is -0.973. The smallest absolute Gasteiger partial charge is 0.254 e. The van der Waals surface area contributed by atoms with Crippen LogP contribution in [0.1, 0.15) is 46.7 Å². The van der Waals surface area contributed by atoms with E-state index in [-0.39, 0.29) is 35.7 Å². The number of ketones is 1. The van der Waals surface area contributed by atoms with Gasteiger partial charge in [0.05, 0.1) is 23.8 Å². The summed E-state index contributed by atoms with van der Waals surface area (Å²) in [6, 6.07) is 8.96. The minimum Gasteiger partial charge on any atom is -0.488 e. The minimum absolute atomic E-state index is 0.0255. The SMILES string of the molecule is COCCOc1cc2[nH]nc(C(=O)C=C(N)c3ccc(C(=O)N4CC[C@H]4C(C)(C)O)cc3)c2cc1F. The molecule has 36 heavy (non-hydrogen) atoms. The highest BCUT2D eigenvalue weighted by Gasteiger charge is 2.41. The normalized spacial score (nSPS) is 16.2. The van der Waals surface area contributed by atoms with Gasteiger partial charge in [0, 0.05) is 42.4 Å². The van der Waals surface area contributed by atoms with Gasteiger partial charge >= 0.3 is 0 Å². The van der Waals surface area contributed by atoms with Crippen molar-refractivity contribution in [3.05, 3.63) is 65.1 Å². The zero-order chi connectivity index (χ0) is 26.0. The maximum Gasteiger partial charge on any atom is 0.254 e. The van der Waals surface area contributed by atoms with Crippen LogP contribution in [-0.2, 0) is 4.74 Å². The van der Waals surface area contributed by atoms with Gasteiger partial charge in [-0.15, -0.1) is 0 Å². The Hall–Kier alpha value is -3.76. The van der Waals surface area contributed by atoms with Gasteiger partial charge in [0.1, 0.15) is 12.3 Å². The molecule has 0 aliphatic carbocycles. The molecule has 1 amide bonds. The first-order valence-corrected chi connectivity index (χ1v) is 11.5. The van der Waals surface area contributed by atoms with Crippen molar-refractivity contribution in [1.82, 2.24) is 15.1 Å². The van der Waals surface area contributed by atoms with Crippen molar-refractivity contribution in [2.45, 2.75) is 31.9 Å². The molecule has 4 rings (SSSR count). The van der Waals surface area contributed by atoms with E-state index in [1.165, 1.54) is 25.3 Å². The van der Waals surface area contributed by atoms with Crippen molar-refractivity contribution in [2.75, 3.05) is 26.9 Å². The summed E-state index contributed by atoms with van der Waals surface area (Å²) in [4.78, 5) is 27.3. The number of benzene rings is 2. The number of nitrogens with two attached hydrogens (primary N) is 1. The Kier molecular flexibility index (Phi) is 7.09. The topological polar surface area (TPSA) is 131 Å². The van der Waals surface area contributed by atoms with Gasteiger partial charge < -0.3 is 25.2 Å². The van der Waals surface area contributed by atoms with E-state index in [4.69, 9.17) is 15.2 Å². The van der Waals surface area contributed by atoms with Gasteiger partial charge in [-0.25, -0.2) is 4.39 Å². The lowest BCUT2D eigenvalue weighted by Gasteiger charge is -2.47. The van der Waals surface area contributed by atoms with Crippen molar-refractivity contribution < 1.29 is 28.6 Å². The number of nitrogens with zero attached hydrogens (tertiary/aromatic N) is 2. The number of methoxy groups -OCH3 is 1. The third-order valence-corrected chi connectivity index (χ3v) is 6.24. The quantitative estimate of drug-likeness (QED) is 0.236. The predicted molar refractivity (Wildman–Crippen MR) is 132 cm³/mol. The third-order valence-electron chi connectivity index (χ3n) is 6.24. The molecule has 2 aromatic carbocycles. The van der Waals surface area contributed by atoms with Crippen LogP contribution < -0.4 is 10.5 Å². The van der Waals surface area contributed by atoms with E-state index >= 15 is 0 Å². The number of H-pyrrole nitrogens is 1. The Bertz CT molecular complexity index is 1310. The molecule has 1 fully saturated rings. The highest BCUT2D eigenvalue weighted by atomic mass is 19.1. The summed E-state index contributed by atoms with van der Waals surface area (Å²) < 4.78 is 24.7.